The number of benzene rings is 2. The lowest BCUT2D eigenvalue weighted by Crippen LogP contribution is -2.40. The van der Waals surface area contributed by atoms with Crippen LogP contribution in [-0.2, 0) is 9.59 Å². The molecule has 1 unspecified atom stereocenters. The smallest absolute Gasteiger partial charge is 0.243 e. The van der Waals surface area contributed by atoms with E-state index in [2.05, 4.69) is 10.6 Å². The van der Waals surface area contributed by atoms with Crippen LogP contribution < -0.4 is 10.6 Å². The van der Waals surface area contributed by atoms with Crippen molar-refractivity contribution in [1.82, 2.24) is 10.2 Å². The lowest BCUT2D eigenvalue weighted by molar-refractivity contribution is -0.127. The molecule has 2 aromatic carbocycles. The SMILES string of the molecule is CN(C)C(C(=O)NCC(=O)Nc1ccccc1)c1ccccc1. The maximum Gasteiger partial charge on any atom is 0.243 e. The summed E-state index contributed by atoms with van der Waals surface area (Å²) in [4.78, 5) is 26.1. The fraction of sp³-hybridized carbons (Fsp3) is 0.222. The molecule has 0 saturated carbocycles. The topological polar surface area (TPSA) is 61.4 Å². The molecule has 2 amide bonds. The lowest BCUT2D eigenvalue weighted by atomic mass is 10.1. The first-order chi connectivity index (χ1) is 11.1. The molecule has 5 heteroatoms. The predicted octanol–water partition coefficient (Wildman–Crippen LogP) is 2.04. The van der Waals surface area contributed by atoms with E-state index < -0.39 is 6.04 Å². The number of amides is 2. The molecule has 2 rings (SSSR count). The van der Waals surface area contributed by atoms with Crippen molar-refractivity contribution in [1.29, 1.82) is 0 Å². The summed E-state index contributed by atoms with van der Waals surface area (Å²) in [5.41, 5.74) is 1.59. The fourth-order valence-corrected chi connectivity index (χ4v) is 2.31. The maximum atomic E-state index is 12.4. The quantitative estimate of drug-likeness (QED) is 0.858. The summed E-state index contributed by atoms with van der Waals surface area (Å²) in [6.45, 7) is -0.0646. The van der Waals surface area contributed by atoms with Crippen LogP contribution in [-0.4, -0.2) is 37.4 Å². The Balaban J connectivity index is 1.93. The molecule has 1 atom stereocenters. The number of likely N-dealkylation sites (N-methyl/N-ethyl adjacent to an activating group) is 1. The molecule has 0 fully saturated rings. The van der Waals surface area contributed by atoms with E-state index in [9.17, 15) is 9.59 Å². The second-order valence-corrected chi connectivity index (χ2v) is 5.41. The number of nitrogens with zero attached hydrogens (tertiary/aromatic N) is 1. The highest BCUT2D eigenvalue weighted by atomic mass is 16.2. The Labute approximate surface area is 136 Å². The third kappa shape index (κ3) is 4.93. The maximum absolute atomic E-state index is 12.4. The van der Waals surface area contributed by atoms with E-state index in [1.807, 2.05) is 67.5 Å². The third-order valence-corrected chi connectivity index (χ3v) is 3.36. The van der Waals surface area contributed by atoms with Gasteiger partial charge in [-0.05, 0) is 31.8 Å². The van der Waals surface area contributed by atoms with E-state index >= 15 is 0 Å². The number of carbonyl (C=O) groups excluding carboxylic acids is 2. The number of hydrogen-bond donors (Lipinski definition) is 2. The highest BCUT2D eigenvalue weighted by Crippen LogP contribution is 2.17. The zero-order valence-electron chi connectivity index (χ0n) is 13.3. The van der Waals surface area contributed by atoms with Gasteiger partial charge in [-0.25, -0.2) is 0 Å². The molecule has 0 aliphatic carbocycles. The van der Waals surface area contributed by atoms with Gasteiger partial charge in [-0.3, -0.25) is 14.5 Å². The van der Waals surface area contributed by atoms with E-state index in [-0.39, 0.29) is 18.4 Å². The number of anilines is 1. The van der Waals surface area contributed by atoms with Crippen LogP contribution in [0.1, 0.15) is 11.6 Å². The number of hydrogen-bond acceptors (Lipinski definition) is 3. The molecule has 0 aliphatic heterocycles. The summed E-state index contributed by atoms with van der Waals surface area (Å²) >= 11 is 0. The van der Waals surface area contributed by atoms with Crippen LogP contribution in [0.4, 0.5) is 5.69 Å². The Morgan fingerprint density at radius 1 is 0.957 bits per heavy atom. The number of nitrogens with one attached hydrogen (secondary N) is 2. The van der Waals surface area contributed by atoms with E-state index in [1.54, 1.807) is 12.1 Å². The van der Waals surface area contributed by atoms with Gasteiger partial charge in [-0.1, -0.05) is 48.5 Å². The molecule has 5 nitrogen and oxygen atoms in total. The summed E-state index contributed by atoms with van der Waals surface area (Å²) in [7, 11) is 3.67. The van der Waals surface area contributed by atoms with E-state index in [4.69, 9.17) is 0 Å². The van der Waals surface area contributed by atoms with Crippen LogP contribution in [0.3, 0.4) is 0 Å². The molecule has 0 heterocycles. The lowest BCUT2D eigenvalue weighted by Gasteiger charge is -2.23. The molecule has 23 heavy (non-hydrogen) atoms. The van der Waals surface area contributed by atoms with Crippen LogP contribution in [0.5, 0.6) is 0 Å². The first-order valence-corrected chi connectivity index (χ1v) is 7.42. The second kappa shape index (κ2) is 8.10. The van der Waals surface area contributed by atoms with Gasteiger partial charge < -0.3 is 10.6 Å². The Morgan fingerprint density at radius 3 is 2.09 bits per heavy atom. The van der Waals surface area contributed by atoms with Crippen molar-refractivity contribution in [2.24, 2.45) is 0 Å². The normalized spacial score (nSPS) is 11.8. The van der Waals surface area contributed by atoms with E-state index in [1.165, 1.54) is 0 Å². The molecule has 0 aliphatic rings. The predicted molar refractivity (Wildman–Crippen MR) is 91.0 cm³/mol. The Morgan fingerprint density at radius 2 is 1.52 bits per heavy atom. The van der Waals surface area contributed by atoms with Gasteiger partial charge in [-0.2, -0.15) is 0 Å². The molecule has 0 spiro atoms. The molecular weight excluding hydrogens is 290 g/mol. The minimum Gasteiger partial charge on any atom is -0.345 e. The van der Waals surface area contributed by atoms with E-state index in [0.717, 1.165) is 5.56 Å². The van der Waals surface area contributed by atoms with Gasteiger partial charge in [0.1, 0.15) is 6.04 Å². The minimum absolute atomic E-state index is 0.0646. The van der Waals surface area contributed by atoms with Crippen LogP contribution in [0.25, 0.3) is 0 Å². The highest BCUT2D eigenvalue weighted by Gasteiger charge is 2.22. The number of para-hydroxylation sites is 1. The average molecular weight is 311 g/mol. The Bertz CT molecular complexity index is 642. The average Bonchev–Trinajstić information content (AvgIpc) is 2.55. The van der Waals surface area contributed by atoms with Gasteiger partial charge >= 0.3 is 0 Å². The Kier molecular flexibility index (Phi) is 5.88. The number of carbonyl (C=O) groups is 2. The van der Waals surface area contributed by atoms with Crippen molar-refractivity contribution in [3.63, 3.8) is 0 Å². The molecule has 0 aromatic heterocycles. The van der Waals surface area contributed by atoms with Crippen LogP contribution in [0.15, 0.2) is 60.7 Å². The largest absolute Gasteiger partial charge is 0.345 e. The standard InChI is InChI=1S/C18H21N3O2/c1-21(2)17(14-9-5-3-6-10-14)18(23)19-13-16(22)20-15-11-7-4-8-12-15/h3-12,17H,13H2,1-2H3,(H,19,23)(H,20,22). The summed E-state index contributed by atoms with van der Waals surface area (Å²) in [5.74, 6) is -0.459. The second-order valence-electron chi connectivity index (χ2n) is 5.41. The van der Waals surface area contributed by atoms with Gasteiger partial charge in [0.2, 0.25) is 11.8 Å². The fourth-order valence-electron chi connectivity index (χ4n) is 2.31. The molecular formula is C18H21N3O2. The van der Waals surface area contributed by atoms with Gasteiger partial charge in [-0.15, -0.1) is 0 Å². The van der Waals surface area contributed by atoms with Crippen LogP contribution in [0.2, 0.25) is 0 Å². The zero-order valence-corrected chi connectivity index (χ0v) is 13.3. The van der Waals surface area contributed by atoms with Gasteiger partial charge in [0.15, 0.2) is 0 Å². The van der Waals surface area contributed by atoms with Gasteiger partial charge in [0.25, 0.3) is 0 Å². The molecule has 0 radical (unpaired) electrons. The summed E-state index contributed by atoms with van der Waals surface area (Å²) < 4.78 is 0. The molecule has 120 valence electrons. The molecule has 0 bridgehead atoms. The Hall–Kier alpha value is -2.66. The first-order valence-electron chi connectivity index (χ1n) is 7.42. The van der Waals surface area contributed by atoms with Crippen molar-refractivity contribution < 1.29 is 9.59 Å². The van der Waals surface area contributed by atoms with Crippen molar-refractivity contribution in [2.45, 2.75) is 6.04 Å². The van der Waals surface area contributed by atoms with Crippen molar-refractivity contribution in [3.8, 4) is 0 Å². The van der Waals surface area contributed by atoms with Crippen molar-refractivity contribution in [2.75, 3.05) is 26.0 Å². The van der Waals surface area contributed by atoms with Crippen LogP contribution in [0, 0.1) is 0 Å². The summed E-state index contributed by atoms with van der Waals surface area (Å²) in [6, 6.07) is 18.2. The molecule has 0 saturated heterocycles. The monoisotopic (exact) mass is 311 g/mol. The van der Waals surface area contributed by atoms with E-state index in [0.29, 0.717) is 5.69 Å². The number of rotatable bonds is 6. The molecule has 2 aromatic rings. The van der Waals surface area contributed by atoms with Gasteiger partial charge in [0, 0.05) is 5.69 Å². The van der Waals surface area contributed by atoms with Crippen molar-refractivity contribution >= 4 is 17.5 Å². The third-order valence-electron chi connectivity index (χ3n) is 3.36. The van der Waals surface area contributed by atoms with Gasteiger partial charge in [0.05, 0.1) is 6.54 Å². The zero-order chi connectivity index (χ0) is 16.7. The first kappa shape index (κ1) is 16.7. The summed E-state index contributed by atoms with van der Waals surface area (Å²) in [6.07, 6.45) is 0. The summed E-state index contributed by atoms with van der Waals surface area (Å²) in [5, 5.41) is 5.43. The highest BCUT2D eigenvalue weighted by molar-refractivity contribution is 5.95. The van der Waals surface area contributed by atoms with Crippen LogP contribution >= 0.6 is 0 Å². The van der Waals surface area contributed by atoms with Crippen molar-refractivity contribution in [3.05, 3.63) is 66.2 Å². The molecule has 2 N–H and O–H groups in total. The minimum atomic E-state index is -0.430.